The summed E-state index contributed by atoms with van der Waals surface area (Å²) in [4.78, 5) is 10.8. The summed E-state index contributed by atoms with van der Waals surface area (Å²) in [5.41, 5.74) is 4.58. The molecule has 0 aliphatic rings. The van der Waals surface area contributed by atoms with Crippen molar-refractivity contribution in [2.75, 3.05) is 0 Å². The maximum absolute atomic E-state index is 10.8. The van der Waals surface area contributed by atoms with Crippen LogP contribution in [0.15, 0.2) is 24.3 Å². The first-order valence-corrected chi connectivity index (χ1v) is 4.70. The van der Waals surface area contributed by atoms with Gasteiger partial charge >= 0.3 is 5.97 Å². The third-order valence-electron chi connectivity index (χ3n) is 2.05. The van der Waals surface area contributed by atoms with E-state index >= 15 is 0 Å². The normalized spacial score (nSPS) is 10.9. The molecule has 0 saturated heterocycles. The van der Waals surface area contributed by atoms with E-state index in [9.17, 15) is 4.79 Å². The van der Waals surface area contributed by atoms with Gasteiger partial charge in [-0.25, -0.2) is 4.79 Å². The summed E-state index contributed by atoms with van der Waals surface area (Å²) in [6.45, 7) is 2.93. The lowest BCUT2D eigenvalue weighted by atomic mass is 10.1. The van der Waals surface area contributed by atoms with Crippen molar-refractivity contribution >= 4 is 11.8 Å². The molecule has 0 saturated carbocycles. The molecule has 0 amide bonds. The molecule has 4 N–H and O–H groups in total. The topological polar surface area (TPSA) is 96.4 Å². The predicted octanol–water partition coefficient (Wildman–Crippen LogP) is 1.21. The number of nitrogens with one attached hydrogen (secondary N) is 1. The number of hydrogen-bond acceptors (Lipinski definition) is 3. The maximum Gasteiger partial charge on any atom is 0.347 e. The van der Waals surface area contributed by atoms with E-state index in [1.54, 1.807) is 24.3 Å². The molecule has 0 fully saturated rings. The molecule has 0 aliphatic heterocycles. The Balaban J connectivity index is 2.84. The molecule has 1 aromatic rings. The van der Waals surface area contributed by atoms with Gasteiger partial charge in [-0.05, 0) is 38.1 Å². The standard InChI is InChI=1S/C11H14N2O3/c1-11(2,10(14)15)16-8-5-3-7(4-6-8)9(12)13/h3-6H,1-2H3,(H3,12,13)(H,14,15). The van der Waals surface area contributed by atoms with Crippen LogP contribution in [-0.2, 0) is 4.79 Å². The molecular weight excluding hydrogens is 208 g/mol. The van der Waals surface area contributed by atoms with E-state index in [1.807, 2.05) is 0 Å². The molecule has 0 aromatic heterocycles. The van der Waals surface area contributed by atoms with Gasteiger partial charge in [-0.15, -0.1) is 0 Å². The fourth-order valence-electron chi connectivity index (χ4n) is 1.04. The number of carbonyl (C=O) groups is 1. The molecule has 0 bridgehead atoms. The Morgan fingerprint density at radius 3 is 2.25 bits per heavy atom. The molecule has 0 atom stereocenters. The van der Waals surface area contributed by atoms with Gasteiger partial charge < -0.3 is 15.6 Å². The average Bonchev–Trinajstić information content (AvgIpc) is 2.17. The Bertz CT molecular complexity index is 410. The van der Waals surface area contributed by atoms with Gasteiger partial charge in [0.15, 0.2) is 5.60 Å². The molecule has 86 valence electrons. The zero-order valence-corrected chi connectivity index (χ0v) is 9.15. The first-order chi connectivity index (χ1) is 7.33. The molecule has 1 rings (SSSR count). The molecule has 0 aliphatic carbocycles. The van der Waals surface area contributed by atoms with E-state index in [2.05, 4.69) is 0 Å². The molecular formula is C11H14N2O3. The lowest BCUT2D eigenvalue weighted by Gasteiger charge is -2.21. The second-order valence-corrected chi connectivity index (χ2v) is 3.86. The van der Waals surface area contributed by atoms with Gasteiger partial charge in [-0.3, -0.25) is 5.41 Å². The van der Waals surface area contributed by atoms with Crippen LogP contribution in [0.25, 0.3) is 0 Å². The van der Waals surface area contributed by atoms with Crippen molar-refractivity contribution in [1.29, 1.82) is 5.41 Å². The number of hydrogen-bond donors (Lipinski definition) is 3. The largest absolute Gasteiger partial charge is 0.478 e. The van der Waals surface area contributed by atoms with Crippen molar-refractivity contribution in [1.82, 2.24) is 0 Å². The van der Waals surface area contributed by atoms with Crippen LogP contribution in [0.4, 0.5) is 0 Å². The summed E-state index contributed by atoms with van der Waals surface area (Å²) in [5, 5.41) is 16.1. The van der Waals surface area contributed by atoms with Gasteiger partial charge in [0.05, 0.1) is 0 Å². The fraction of sp³-hybridized carbons (Fsp3) is 0.273. The van der Waals surface area contributed by atoms with Crippen molar-refractivity contribution in [2.24, 2.45) is 5.73 Å². The van der Waals surface area contributed by atoms with Crippen LogP contribution in [0.3, 0.4) is 0 Å². The highest BCUT2D eigenvalue weighted by atomic mass is 16.5. The number of rotatable bonds is 4. The minimum absolute atomic E-state index is 0.0379. The molecule has 0 radical (unpaired) electrons. The van der Waals surface area contributed by atoms with Crippen molar-refractivity contribution in [3.63, 3.8) is 0 Å². The quantitative estimate of drug-likeness (QED) is 0.527. The van der Waals surface area contributed by atoms with Crippen LogP contribution in [0.5, 0.6) is 5.75 Å². The Morgan fingerprint density at radius 1 is 1.38 bits per heavy atom. The first-order valence-electron chi connectivity index (χ1n) is 4.70. The third-order valence-corrected chi connectivity index (χ3v) is 2.05. The minimum atomic E-state index is -1.28. The SMILES string of the molecule is CC(C)(Oc1ccc(C(=N)N)cc1)C(=O)O. The number of amidine groups is 1. The second kappa shape index (κ2) is 4.22. The smallest absolute Gasteiger partial charge is 0.347 e. The van der Waals surface area contributed by atoms with Crippen LogP contribution in [0.1, 0.15) is 19.4 Å². The Labute approximate surface area is 93.4 Å². The summed E-state index contributed by atoms with van der Waals surface area (Å²) >= 11 is 0. The summed E-state index contributed by atoms with van der Waals surface area (Å²) < 4.78 is 5.29. The summed E-state index contributed by atoms with van der Waals surface area (Å²) in [6.07, 6.45) is 0. The molecule has 0 heterocycles. The van der Waals surface area contributed by atoms with Crippen LogP contribution < -0.4 is 10.5 Å². The average molecular weight is 222 g/mol. The monoisotopic (exact) mass is 222 g/mol. The van der Waals surface area contributed by atoms with E-state index < -0.39 is 11.6 Å². The number of nitrogens with two attached hydrogens (primary N) is 1. The van der Waals surface area contributed by atoms with Crippen LogP contribution in [0.2, 0.25) is 0 Å². The maximum atomic E-state index is 10.8. The van der Waals surface area contributed by atoms with E-state index in [-0.39, 0.29) is 5.84 Å². The van der Waals surface area contributed by atoms with E-state index in [0.29, 0.717) is 11.3 Å². The highest BCUT2D eigenvalue weighted by molar-refractivity contribution is 5.94. The lowest BCUT2D eigenvalue weighted by molar-refractivity contribution is -0.152. The zero-order chi connectivity index (χ0) is 12.3. The number of nitrogen functional groups attached to an aromatic ring is 1. The van der Waals surface area contributed by atoms with Crippen LogP contribution in [-0.4, -0.2) is 22.5 Å². The molecule has 1 aromatic carbocycles. The van der Waals surface area contributed by atoms with Crippen LogP contribution in [0, 0.1) is 5.41 Å². The minimum Gasteiger partial charge on any atom is -0.478 e. The van der Waals surface area contributed by atoms with Gasteiger partial charge in [0, 0.05) is 5.56 Å². The Morgan fingerprint density at radius 2 is 1.88 bits per heavy atom. The van der Waals surface area contributed by atoms with Gasteiger partial charge in [0.2, 0.25) is 0 Å². The van der Waals surface area contributed by atoms with Crippen LogP contribution >= 0.6 is 0 Å². The van der Waals surface area contributed by atoms with E-state index in [1.165, 1.54) is 13.8 Å². The summed E-state index contributed by atoms with van der Waals surface area (Å²) in [6, 6.07) is 6.38. The summed E-state index contributed by atoms with van der Waals surface area (Å²) in [7, 11) is 0. The molecule has 5 nitrogen and oxygen atoms in total. The first kappa shape index (κ1) is 12.0. The third kappa shape index (κ3) is 2.73. The second-order valence-electron chi connectivity index (χ2n) is 3.86. The predicted molar refractivity (Wildman–Crippen MR) is 59.8 cm³/mol. The number of benzene rings is 1. The Hall–Kier alpha value is -2.04. The lowest BCUT2D eigenvalue weighted by Crippen LogP contribution is -2.37. The van der Waals surface area contributed by atoms with Gasteiger partial charge in [-0.1, -0.05) is 0 Å². The van der Waals surface area contributed by atoms with Crippen molar-refractivity contribution in [2.45, 2.75) is 19.4 Å². The number of carboxylic acids is 1. The molecule has 5 heteroatoms. The van der Waals surface area contributed by atoms with Gasteiger partial charge in [-0.2, -0.15) is 0 Å². The van der Waals surface area contributed by atoms with E-state index in [4.69, 9.17) is 21.0 Å². The van der Waals surface area contributed by atoms with Crippen molar-refractivity contribution < 1.29 is 14.6 Å². The van der Waals surface area contributed by atoms with Crippen molar-refractivity contribution in [3.05, 3.63) is 29.8 Å². The molecule has 0 unspecified atom stereocenters. The fourth-order valence-corrected chi connectivity index (χ4v) is 1.04. The Kier molecular flexibility index (Phi) is 3.17. The number of ether oxygens (including phenoxy) is 1. The molecule has 0 spiro atoms. The summed E-state index contributed by atoms with van der Waals surface area (Å²) in [5.74, 6) is -0.649. The van der Waals surface area contributed by atoms with Gasteiger partial charge in [0.1, 0.15) is 11.6 Å². The number of carboxylic acid groups (broad SMARTS) is 1. The molecule has 16 heavy (non-hydrogen) atoms. The highest BCUT2D eigenvalue weighted by Crippen LogP contribution is 2.19. The number of aliphatic carboxylic acids is 1. The van der Waals surface area contributed by atoms with Gasteiger partial charge in [0.25, 0.3) is 0 Å². The van der Waals surface area contributed by atoms with E-state index in [0.717, 1.165) is 0 Å². The highest BCUT2D eigenvalue weighted by Gasteiger charge is 2.29. The zero-order valence-electron chi connectivity index (χ0n) is 9.15. The van der Waals surface area contributed by atoms with Crippen molar-refractivity contribution in [3.8, 4) is 5.75 Å².